The van der Waals surface area contributed by atoms with Crippen LogP contribution in [0, 0.1) is 5.82 Å². The Kier molecular flexibility index (Phi) is 8.52. The van der Waals surface area contributed by atoms with Crippen molar-refractivity contribution in [1.82, 2.24) is 14.6 Å². The minimum Gasteiger partial charge on any atom is -0.496 e. The Balaban J connectivity index is 1.80. The maximum Gasteiger partial charge on any atom is 0.270 e. The van der Waals surface area contributed by atoms with E-state index in [4.69, 9.17) is 16.2 Å². The number of primary amides is 1. The van der Waals surface area contributed by atoms with E-state index in [1.807, 2.05) is 30.3 Å². The Morgan fingerprint density at radius 3 is 2.33 bits per heavy atom. The molecule has 3 amide bonds. The minimum atomic E-state index is -1.20. The van der Waals surface area contributed by atoms with Crippen LogP contribution in [-0.2, 0) is 17.9 Å². The summed E-state index contributed by atoms with van der Waals surface area (Å²) < 4.78 is 23.3. The third-order valence-electron chi connectivity index (χ3n) is 6.01. The molecule has 5 N–H and O–H groups in total. The molecule has 0 saturated heterocycles. The van der Waals surface area contributed by atoms with Crippen molar-refractivity contribution < 1.29 is 23.5 Å². The highest BCUT2D eigenvalue weighted by Gasteiger charge is 2.35. The van der Waals surface area contributed by atoms with E-state index in [9.17, 15) is 18.8 Å². The monoisotopic (exact) mass is 547 g/mol. The second kappa shape index (κ2) is 12.2. The predicted octanol–water partition coefficient (Wildman–Crippen LogP) is 3.67. The number of nitrogens with two attached hydrogens (primary N) is 2. The number of nitrogens with one attached hydrogen (secondary N) is 1. The summed E-state index contributed by atoms with van der Waals surface area (Å²) in [4.78, 5) is 40.8. The van der Waals surface area contributed by atoms with E-state index in [1.54, 1.807) is 24.3 Å². The van der Waals surface area contributed by atoms with Gasteiger partial charge in [-0.2, -0.15) is 4.37 Å². The second-order valence-corrected chi connectivity index (χ2v) is 9.31. The first-order chi connectivity index (χ1) is 18.8. The molecule has 0 spiro atoms. The van der Waals surface area contributed by atoms with Crippen molar-refractivity contribution in [3.63, 3.8) is 0 Å². The number of hydrogen-bond acceptors (Lipinski definition) is 7. The fourth-order valence-corrected chi connectivity index (χ4v) is 4.82. The van der Waals surface area contributed by atoms with Crippen molar-refractivity contribution in [2.45, 2.75) is 19.1 Å². The van der Waals surface area contributed by atoms with Gasteiger partial charge in [0.05, 0.1) is 19.3 Å². The Labute approximate surface area is 228 Å². The summed E-state index contributed by atoms with van der Waals surface area (Å²) in [5, 5.41) is 2.88. The summed E-state index contributed by atoms with van der Waals surface area (Å²) in [7, 11) is 1.50. The van der Waals surface area contributed by atoms with Crippen molar-refractivity contribution in [2.75, 3.05) is 12.8 Å². The van der Waals surface area contributed by atoms with E-state index < -0.39 is 29.6 Å². The fourth-order valence-electron chi connectivity index (χ4n) is 4.06. The van der Waals surface area contributed by atoms with E-state index in [0.29, 0.717) is 28.4 Å². The molecule has 1 heterocycles. The maximum absolute atomic E-state index is 14.0. The first kappa shape index (κ1) is 27.3. The SMILES string of the molecule is COc1ccccc1CN(C(=O)c1snc(C(N)=O)c1N)[C@@H](C(=O)NCc1ccccc1)c1ccc(F)cc1. The smallest absolute Gasteiger partial charge is 0.270 e. The quantitative estimate of drug-likeness (QED) is 0.277. The third-order valence-corrected chi connectivity index (χ3v) is 6.86. The number of nitrogen functional groups attached to an aromatic ring is 1. The van der Waals surface area contributed by atoms with Gasteiger partial charge in [-0.05, 0) is 40.9 Å². The van der Waals surface area contributed by atoms with Crippen molar-refractivity contribution in [3.8, 4) is 5.75 Å². The van der Waals surface area contributed by atoms with Crippen molar-refractivity contribution in [2.24, 2.45) is 5.73 Å². The number of nitrogens with zero attached hydrogens (tertiary/aromatic N) is 2. The number of benzene rings is 3. The van der Waals surface area contributed by atoms with Crippen LogP contribution in [0.2, 0.25) is 0 Å². The van der Waals surface area contributed by atoms with Crippen molar-refractivity contribution in [1.29, 1.82) is 0 Å². The van der Waals surface area contributed by atoms with Crippen LogP contribution in [0.4, 0.5) is 10.1 Å². The molecule has 0 saturated carbocycles. The molecule has 200 valence electrons. The summed E-state index contributed by atoms with van der Waals surface area (Å²) in [6, 6.07) is 20.4. The van der Waals surface area contributed by atoms with Gasteiger partial charge in [0, 0.05) is 12.1 Å². The molecule has 0 fully saturated rings. The maximum atomic E-state index is 14.0. The number of methoxy groups -OCH3 is 1. The number of ether oxygens (including phenoxy) is 1. The lowest BCUT2D eigenvalue weighted by Gasteiger charge is -2.31. The van der Waals surface area contributed by atoms with E-state index in [1.165, 1.54) is 36.3 Å². The molecule has 0 aliphatic carbocycles. The summed E-state index contributed by atoms with van der Waals surface area (Å²) in [6.07, 6.45) is 0. The molecule has 9 nitrogen and oxygen atoms in total. The van der Waals surface area contributed by atoms with Gasteiger partial charge in [0.2, 0.25) is 5.91 Å². The summed E-state index contributed by atoms with van der Waals surface area (Å²) in [6.45, 7) is 0.121. The zero-order chi connectivity index (χ0) is 27.9. The fraction of sp³-hybridized carbons (Fsp3) is 0.143. The Hall–Kier alpha value is -4.77. The Morgan fingerprint density at radius 2 is 1.69 bits per heavy atom. The summed E-state index contributed by atoms with van der Waals surface area (Å²) in [5.74, 6) is -2.05. The molecular weight excluding hydrogens is 521 g/mol. The average Bonchev–Trinajstić information content (AvgIpc) is 3.34. The number of carbonyl (C=O) groups is 3. The van der Waals surface area contributed by atoms with Gasteiger partial charge in [0.1, 0.15) is 22.5 Å². The van der Waals surface area contributed by atoms with Crippen molar-refractivity contribution >= 4 is 34.9 Å². The summed E-state index contributed by atoms with van der Waals surface area (Å²) in [5.41, 5.74) is 12.9. The van der Waals surface area contributed by atoms with Crippen LogP contribution in [0.25, 0.3) is 0 Å². The van der Waals surface area contributed by atoms with Gasteiger partial charge < -0.3 is 26.4 Å². The first-order valence-corrected chi connectivity index (χ1v) is 12.6. The molecule has 4 aromatic rings. The van der Waals surface area contributed by atoms with Crippen LogP contribution in [0.5, 0.6) is 5.75 Å². The van der Waals surface area contributed by atoms with E-state index in [2.05, 4.69) is 9.69 Å². The lowest BCUT2D eigenvalue weighted by atomic mass is 10.0. The number of para-hydroxylation sites is 1. The molecule has 0 aliphatic heterocycles. The Bertz CT molecular complexity index is 1480. The van der Waals surface area contributed by atoms with Gasteiger partial charge in [-0.15, -0.1) is 0 Å². The molecule has 11 heteroatoms. The standard InChI is InChI=1S/C28H26FN5O4S/c1-38-21-10-6-5-9-19(21)16-34(28(37)25-22(30)23(26(31)35)33-39-25)24(18-11-13-20(29)14-12-18)27(36)32-15-17-7-3-2-4-8-17/h2-14,24H,15-16,30H2,1H3,(H2,31,35)(H,32,36)/t24-/m1/s1. The molecule has 39 heavy (non-hydrogen) atoms. The molecule has 3 aromatic carbocycles. The third kappa shape index (κ3) is 6.21. The number of halogens is 1. The number of amides is 3. The van der Waals surface area contributed by atoms with E-state index >= 15 is 0 Å². The van der Waals surface area contributed by atoms with Crippen LogP contribution in [-0.4, -0.2) is 34.1 Å². The van der Waals surface area contributed by atoms with Gasteiger partial charge in [-0.3, -0.25) is 14.4 Å². The molecule has 0 unspecified atom stereocenters. The van der Waals surface area contributed by atoms with Crippen LogP contribution in [0.1, 0.15) is 42.9 Å². The number of carbonyl (C=O) groups excluding carboxylic acids is 3. The van der Waals surface area contributed by atoms with Crippen molar-refractivity contribution in [3.05, 3.63) is 112 Å². The van der Waals surface area contributed by atoms with Gasteiger partial charge in [0.15, 0.2) is 5.69 Å². The molecule has 4 rings (SSSR count). The topological polar surface area (TPSA) is 141 Å². The predicted molar refractivity (Wildman–Crippen MR) is 145 cm³/mol. The van der Waals surface area contributed by atoms with Crippen LogP contribution >= 0.6 is 11.5 Å². The molecule has 0 radical (unpaired) electrons. The van der Waals surface area contributed by atoms with Crippen LogP contribution in [0.15, 0.2) is 78.9 Å². The highest BCUT2D eigenvalue weighted by atomic mass is 32.1. The number of aromatic nitrogens is 1. The molecule has 1 aromatic heterocycles. The van der Waals surface area contributed by atoms with Crippen LogP contribution in [0.3, 0.4) is 0 Å². The molecule has 0 aliphatic rings. The Morgan fingerprint density at radius 1 is 1.03 bits per heavy atom. The number of rotatable bonds is 10. The highest BCUT2D eigenvalue weighted by Crippen LogP contribution is 2.32. The highest BCUT2D eigenvalue weighted by molar-refractivity contribution is 7.09. The van der Waals surface area contributed by atoms with Gasteiger partial charge in [-0.1, -0.05) is 60.7 Å². The largest absolute Gasteiger partial charge is 0.496 e. The van der Waals surface area contributed by atoms with Gasteiger partial charge >= 0.3 is 0 Å². The minimum absolute atomic E-state index is 0.0540. The van der Waals surface area contributed by atoms with Crippen LogP contribution < -0.4 is 21.5 Å². The summed E-state index contributed by atoms with van der Waals surface area (Å²) >= 11 is 0.708. The van der Waals surface area contributed by atoms with E-state index in [-0.39, 0.29) is 29.3 Å². The van der Waals surface area contributed by atoms with E-state index in [0.717, 1.165) is 5.56 Å². The molecule has 0 bridgehead atoms. The average molecular weight is 548 g/mol. The zero-order valence-corrected chi connectivity index (χ0v) is 21.8. The molecule has 1 atom stereocenters. The first-order valence-electron chi connectivity index (χ1n) is 11.8. The zero-order valence-electron chi connectivity index (χ0n) is 21.0. The van der Waals surface area contributed by atoms with Gasteiger partial charge in [0.25, 0.3) is 11.8 Å². The lowest BCUT2D eigenvalue weighted by Crippen LogP contribution is -2.43. The van der Waals surface area contributed by atoms with Gasteiger partial charge in [-0.25, -0.2) is 4.39 Å². The number of hydrogen-bond donors (Lipinski definition) is 3. The lowest BCUT2D eigenvalue weighted by molar-refractivity contribution is -0.126. The second-order valence-electron chi connectivity index (χ2n) is 8.54. The number of anilines is 1. The normalized spacial score (nSPS) is 11.4. The molecular formula is C28H26FN5O4S.